The van der Waals surface area contributed by atoms with E-state index >= 15 is 0 Å². The predicted molar refractivity (Wildman–Crippen MR) is 120 cm³/mol. The quantitative estimate of drug-likeness (QED) is 0.482. The van der Waals surface area contributed by atoms with Crippen LogP contribution >= 0.6 is 7.29 Å². The van der Waals surface area contributed by atoms with Gasteiger partial charge in [0.05, 0.1) is 5.54 Å². The fourth-order valence-electron chi connectivity index (χ4n) is 3.75. The summed E-state index contributed by atoms with van der Waals surface area (Å²) in [5.41, 5.74) is 1.11. The second kappa shape index (κ2) is 8.06. The first kappa shape index (κ1) is 20.3. The number of carbonyl (C=O) groups is 1. The third kappa shape index (κ3) is 3.77. The highest BCUT2D eigenvalue weighted by Gasteiger charge is 2.45. The van der Waals surface area contributed by atoms with Gasteiger partial charge in [0.25, 0.3) is 0 Å². The molecule has 0 bridgehead atoms. The molecule has 3 aromatic carbocycles. The van der Waals surface area contributed by atoms with Gasteiger partial charge in [-0.05, 0) is 49.8 Å². The summed E-state index contributed by atoms with van der Waals surface area (Å²) >= 11 is 0. The molecule has 1 aliphatic heterocycles. The summed E-state index contributed by atoms with van der Waals surface area (Å²) in [7, 11) is -3.27. The SMILES string of the molecule is Cc1ccc([C@](C)(NP(=O)(c2ccccc2)c2ccccc2)[C@H]2C=CC(=O)O2)cc1. The van der Waals surface area contributed by atoms with E-state index in [0.29, 0.717) is 10.6 Å². The van der Waals surface area contributed by atoms with Crippen molar-refractivity contribution in [3.63, 3.8) is 0 Å². The summed E-state index contributed by atoms with van der Waals surface area (Å²) in [4.78, 5) is 11.9. The van der Waals surface area contributed by atoms with Gasteiger partial charge in [0.2, 0.25) is 7.29 Å². The molecule has 1 heterocycles. The molecule has 4 rings (SSSR count). The lowest BCUT2D eigenvalue weighted by molar-refractivity contribution is -0.141. The molecule has 4 nitrogen and oxygen atoms in total. The number of benzene rings is 3. The molecule has 0 unspecified atom stereocenters. The van der Waals surface area contributed by atoms with Gasteiger partial charge in [-0.3, -0.25) is 4.57 Å². The molecule has 5 heteroatoms. The van der Waals surface area contributed by atoms with Crippen LogP contribution in [0.15, 0.2) is 97.1 Å². The minimum absolute atomic E-state index is 0.394. The molecule has 1 aliphatic rings. The lowest BCUT2D eigenvalue weighted by Crippen LogP contribution is -2.50. The van der Waals surface area contributed by atoms with Crippen molar-refractivity contribution in [1.29, 1.82) is 0 Å². The number of carbonyl (C=O) groups excluding carboxylic acids is 1. The average Bonchev–Trinajstić information content (AvgIpc) is 3.22. The molecule has 0 aliphatic carbocycles. The van der Waals surface area contributed by atoms with Gasteiger partial charge in [-0.2, -0.15) is 0 Å². The fraction of sp³-hybridized carbons (Fsp3) is 0.160. The summed E-state index contributed by atoms with van der Waals surface area (Å²) in [5.74, 6) is -0.394. The molecule has 3 aromatic rings. The maximum atomic E-state index is 14.6. The molecule has 0 spiro atoms. The van der Waals surface area contributed by atoms with Crippen LogP contribution in [0.4, 0.5) is 0 Å². The Bertz CT molecular complexity index is 1070. The van der Waals surface area contributed by atoms with Crippen LogP contribution in [0, 0.1) is 6.92 Å². The molecule has 0 saturated heterocycles. The Hall–Kier alpha value is -2.94. The lowest BCUT2D eigenvalue weighted by Gasteiger charge is -2.39. The van der Waals surface area contributed by atoms with Crippen LogP contribution in [-0.2, 0) is 19.6 Å². The van der Waals surface area contributed by atoms with Crippen LogP contribution in [0.25, 0.3) is 0 Å². The smallest absolute Gasteiger partial charge is 0.331 e. The second-order valence-electron chi connectivity index (χ2n) is 7.68. The Morgan fingerprint density at radius 3 is 1.87 bits per heavy atom. The van der Waals surface area contributed by atoms with E-state index in [1.54, 1.807) is 6.08 Å². The van der Waals surface area contributed by atoms with Gasteiger partial charge < -0.3 is 4.74 Å². The van der Waals surface area contributed by atoms with Crippen LogP contribution in [0.2, 0.25) is 0 Å². The van der Waals surface area contributed by atoms with Crippen molar-refractivity contribution in [3.05, 3.63) is 108 Å². The first-order valence-corrected chi connectivity index (χ1v) is 11.6. The number of hydrogen-bond donors (Lipinski definition) is 1. The van der Waals surface area contributed by atoms with E-state index in [9.17, 15) is 9.36 Å². The monoisotopic (exact) mass is 417 g/mol. The molecule has 2 atom stereocenters. The second-order valence-corrected chi connectivity index (χ2v) is 10.2. The highest BCUT2D eigenvalue weighted by Crippen LogP contribution is 2.46. The number of aryl methyl sites for hydroxylation is 1. The topological polar surface area (TPSA) is 55.4 Å². The standard InChI is InChI=1S/C25H24NO3P/c1-19-13-15-20(16-14-19)25(2,23-17-18-24(27)29-23)26-30(28,21-9-5-3-6-10-21)22-11-7-4-8-12-22/h3-18,23H,1-2H3,(H,26,28)/t23-,25+/m1/s1. The minimum Gasteiger partial charge on any atom is -0.453 e. The molecular formula is C25H24NO3P. The van der Waals surface area contributed by atoms with Gasteiger partial charge >= 0.3 is 5.97 Å². The van der Waals surface area contributed by atoms with Crippen molar-refractivity contribution in [2.24, 2.45) is 0 Å². The molecule has 0 saturated carbocycles. The van der Waals surface area contributed by atoms with E-state index in [0.717, 1.165) is 11.1 Å². The van der Waals surface area contributed by atoms with Gasteiger partial charge in [-0.15, -0.1) is 0 Å². The van der Waals surface area contributed by atoms with Crippen molar-refractivity contribution < 1.29 is 14.1 Å². The first-order valence-electron chi connectivity index (χ1n) is 9.88. The van der Waals surface area contributed by atoms with Crippen LogP contribution in [0.1, 0.15) is 18.1 Å². The van der Waals surface area contributed by atoms with Crippen LogP contribution in [-0.4, -0.2) is 12.1 Å². The van der Waals surface area contributed by atoms with E-state index in [2.05, 4.69) is 5.09 Å². The third-order valence-corrected chi connectivity index (χ3v) is 8.33. The highest BCUT2D eigenvalue weighted by atomic mass is 31.2. The molecule has 0 aromatic heterocycles. The maximum absolute atomic E-state index is 14.6. The number of rotatable bonds is 6. The van der Waals surface area contributed by atoms with Crippen molar-refractivity contribution in [2.75, 3.05) is 0 Å². The Kier molecular flexibility index (Phi) is 5.46. The van der Waals surface area contributed by atoms with Crippen molar-refractivity contribution in [2.45, 2.75) is 25.5 Å². The summed E-state index contributed by atoms with van der Waals surface area (Å²) in [6.45, 7) is 3.95. The van der Waals surface area contributed by atoms with E-state index in [1.807, 2.05) is 98.8 Å². The number of cyclic esters (lactones) is 1. The Morgan fingerprint density at radius 2 is 1.40 bits per heavy atom. The van der Waals surface area contributed by atoms with Gasteiger partial charge in [0.15, 0.2) is 0 Å². The zero-order chi connectivity index (χ0) is 21.2. The van der Waals surface area contributed by atoms with Gasteiger partial charge in [-0.25, -0.2) is 9.88 Å². The van der Waals surface area contributed by atoms with E-state index in [1.165, 1.54) is 6.08 Å². The molecule has 0 fully saturated rings. The minimum atomic E-state index is -3.27. The predicted octanol–water partition coefficient (Wildman–Crippen LogP) is 4.21. The summed E-state index contributed by atoms with van der Waals surface area (Å²) in [6.07, 6.45) is 2.57. The Morgan fingerprint density at radius 1 is 0.867 bits per heavy atom. The molecule has 0 radical (unpaired) electrons. The third-order valence-electron chi connectivity index (χ3n) is 5.50. The number of ether oxygens (including phenoxy) is 1. The van der Waals surface area contributed by atoms with Crippen LogP contribution in [0.5, 0.6) is 0 Å². The van der Waals surface area contributed by atoms with Crippen LogP contribution < -0.4 is 15.7 Å². The molecule has 30 heavy (non-hydrogen) atoms. The zero-order valence-electron chi connectivity index (χ0n) is 17.0. The summed E-state index contributed by atoms with van der Waals surface area (Å²) < 4.78 is 20.2. The zero-order valence-corrected chi connectivity index (χ0v) is 17.9. The fourth-order valence-corrected chi connectivity index (χ4v) is 6.40. The van der Waals surface area contributed by atoms with E-state index in [4.69, 9.17) is 4.74 Å². The van der Waals surface area contributed by atoms with E-state index < -0.39 is 24.9 Å². The van der Waals surface area contributed by atoms with Gasteiger partial charge in [-0.1, -0.05) is 66.2 Å². The lowest BCUT2D eigenvalue weighted by atomic mass is 9.87. The van der Waals surface area contributed by atoms with Gasteiger partial charge in [0.1, 0.15) is 6.10 Å². The molecule has 1 N–H and O–H groups in total. The number of nitrogens with one attached hydrogen (secondary N) is 1. The highest BCUT2D eigenvalue weighted by molar-refractivity contribution is 7.77. The average molecular weight is 417 g/mol. The largest absolute Gasteiger partial charge is 0.453 e. The van der Waals surface area contributed by atoms with Crippen molar-refractivity contribution in [3.8, 4) is 0 Å². The van der Waals surface area contributed by atoms with Crippen molar-refractivity contribution in [1.82, 2.24) is 5.09 Å². The first-order chi connectivity index (χ1) is 14.4. The molecule has 152 valence electrons. The summed E-state index contributed by atoms with van der Waals surface area (Å²) in [5, 5.41) is 4.86. The maximum Gasteiger partial charge on any atom is 0.331 e. The molecular weight excluding hydrogens is 393 g/mol. The van der Waals surface area contributed by atoms with Crippen molar-refractivity contribution >= 4 is 23.9 Å². The Labute approximate surface area is 177 Å². The van der Waals surface area contributed by atoms with Gasteiger partial charge in [0, 0.05) is 16.7 Å². The number of hydrogen-bond acceptors (Lipinski definition) is 3. The van der Waals surface area contributed by atoms with E-state index in [-0.39, 0.29) is 0 Å². The molecule has 0 amide bonds. The van der Waals surface area contributed by atoms with Crippen LogP contribution in [0.3, 0.4) is 0 Å². The summed E-state index contributed by atoms with van der Waals surface area (Å²) in [6, 6.07) is 26.8. The normalized spacial score (nSPS) is 18.1. The Balaban J connectivity index is 1.87. The number of esters is 1.